The quantitative estimate of drug-likeness (QED) is 0.275. The highest BCUT2D eigenvalue weighted by molar-refractivity contribution is 7.98. The van der Waals surface area contributed by atoms with Crippen molar-refractivity contribution in [2.75, 3.05) is 32.8 Å². The maximum atomic E-state index is 12.7. The lowest BCUT2D eigenvalue weighted by atomic mass is 10.2. The SMILES string of the molecule is O=c1nc(SCc2ccc([N+](=O)[O-])cc2)c2c(n1CCCN1CCOCC1)CCC2. The molecule has 8 nitrogen and oxygen atoms in total. The lowest BCUT2D eigenvalue weighted by molar-refractivity contribution is -0.384. The van der Waals surface area contributed by atoms with E-state index >= 15 is 0 Å². The molecule has 0 N–H and O–H groups in total. The molecule has 30 heavy (non-hydrogen) atoms. The molecule has 4 rings (SSSR count). The van der Waals surface area contributed by atoms with E-state index in [1.807, 2.05) is 4.57 Å². The van der Waals surface area contributed by atoms with Gasteiger partial charge >= 0.3 is 5.69 Å². The van der Waals surface area contributed by atoms with Gasteiger partial charge in [-0.15, -0.1) is 11.8 Å². The first kappa shape index (κ1) is 21.0. The molecule has 2 aromatic rings. The Bertz CT molecular complexity index is 955. The summed E-state index contributed by atoms with van der Waals surface area (Å²) in [5, 5.41) is 11.6. The van der Waals surface area contributed by atoms with Crippen molar-refractivity contribution in [1.82, 2.24) is 14.5 Å². The van der Waals surface area contributed by atoms with Crippen LogP contribution < -0.4 is 5.69 Å². The second-order valence-corrected chi connectivity index (χ2v) is 8.61. The number of nitro groups is 1. The molecular formula is C21H26N4O4S. The molecule has 9 heteroatoms. The van der Waals surface area contributed by atoms with Crippen molar-refractivity contribution < 1.29 is 9.66 Å². The minimum absolute atomic E-state index is 0.0856. The Labute approximate surface area is 179 Å². The number of aromatic nitrogens is 2. The largest absolute Gasteiger partial charge is 0.379 e. The van der Waals surface area contributed by atoms with E-state index in [0.29, 0.717) is 12.3 Å². The summed E-state index contributed by atoms with van der Waals surface area (Å²) in [5.41, 5.74) is 3.25. The van der Waals surface area contributed by atoms with Crippen LogP contribution in [0, 0.1) is 10.1 Å². The molecule has 2 aliphatic rings. The second-order valence-electron chi connectivity index (χ2n) is 7.65. The Morgan fingerprint density at radius 1 is 1.13 bits per heavy atom. The van der Waals surface area contributed by atoms with Crippen molar-refractivity contribution >= 4 is 17.4 Å². The third kappa shape index (κ3) is 4.91. The summed E-state index contributed by atoms with van der Waals surface area (Å²) >= 11 is 1.55. The predicted octanol–water partition coefficient (Wildman–Crippen LogP) is 2.65. The van der Waals surface area contributed by atoms with E-state index in [1.54, 1.807) is 23.9 Å². The number of nitrogens with zero attached hydrogens (tertiary/aromatic N) is 4. The van der Waals surface area contributed by atoms with Crippen molar-refractivity contribution in [2.45, 2.75) is 43.0 Å². The third-order valence-corrected chi connectivity index (χ3v) is 6.77. The van der Waals surface area contributed by atoms with Crippen molar-refractivity contribution in [1.29, 1.82) is 0 Å². The Hall–Kier alpha value is -2.23. The van der Waals surface area contributed by atoms with Gasteiger partial charge in [0.15, 0.2) is 0 Å². The van der Waals surface area contributed by atoms with E-state index in [0.717, 1.165) is 74.8 Å². The number of thioether (sulfide) groups is 1. The first-order valence-electron chi connectivity index (χ1n) is 10.4. The van der Waals surface area contributed by atoms with Gasteiger partial charge in [0.1, 0.15) is 5.03 Å². The van der Waals surface area contributed by atoms with Crippen LogP contribution >= 0.6 is 11.8 Å². The number of nitro benzene ring substituents is 1. The van der Waals surface area contributed by atoms with Crippen LogP contribution in [0.5, 0.6) is 0 Å². The zero-order chi connectivity index (χ0) is 20.9. The highest BCUT2D eigenvalue weighted by atomic mass is 32.2. The fourth-order valence-corrected chi connectivity index (χ4v) is 5.11. The minimum Gasteiger partial charge on any atom is -0.379 e. The standard InChI is InChI=1S/C21H26N4O4S/c26-21-22-20(30-15-16-5-7-17(8-6-16)25(27)28)18-3-1-4-19(18)24(21)10-2-9-23-11-13-29-14-12-23/h5-8H,1-4,9-15H2. The van der Waals surface area contributed by atoms with Crippen LogP contribution in [0.25, 0.3) is 0 Å². The van der Waals surface area contributed by atoms with Crippen LogP contribution in [0.3, 0.4) is 0 Å². The molecule has 0 spiro atoms. The van der Waals surface area contributed by atoms with Gasteiger partial charge in [-0.05, 0) is 31.2 Å². The maximum Gasteiger partial charge on any atom is 0.348 e. The molecule has 0 saturated carbocycles. The maximum absolute atomic E-state index is 12.7. The van der Waals surface area contributed by atoms with E-state index in [2.05, 4.69) is 9.88 Å². The average Bonchev–Trinajstić information content (AvgIpc) is 3.25. The van der Waals surface area contributed by atoms with Crippen LogP contribution in [-0.2, 0) is 29.9 Å². The van der Waals surface area contributed by atoms with E-state index in [9.17, 15) is 14.9 Å². The lowest BCUT2D eigenvalue weighted by Gasteiger charge is -2.26. The highest BCUT2D eigenvalue weighted by Crippen LogP contribution is 2.31. The number of hydrogen-bond acceptors (Lipinski definition) is 7. The van der Waals surface area contributed by atoms with Crippen LogP contribution in [0.4, 0.5) is 5.69 Å². The lowest BCUT2D eigenvalue weighted by Crippen LogP contribution is -2.37. The summed E-state index contributed by atoms with van der Waals surface area (Å²) in [5.74, 6) is 0.637. The van der Waals surface area contributed by atoms with Crippen molar-refractivity contribution in [3.05, 3.63) is 61.7 Å². The molecule has 1 aliphatic heterocycles. The topological polar surface area (TPSA) is 90.5 Å². The van der Waals surface area contributed by atoms with E-state index in [4.69, 9.17) is 4.74 Å². The molecule has 0 radical (unpaired) electrons. The smallest absolute Gasteiger partial charge is 0.348 e. The van der Waals surface area contributed by atoms with Gasteiger partial charge in [-0.3, -0.25) is 19.6 Å². The average molecular weight is 431 g/mol. The molecule has 1 fully saturated rings. The molecular weight excluding hydrogens is 404 g/mol. The number of hydrogen-bond donors (Lipinski definition) is 0. The second kappa shape index (κ2) is 9.72. The van der Waals surface area contributed by atoms with Crippen molar-refractivity contribution in [2.24, 2.45) is 0 Å². The molecule has 0 atom stereocenters. The number of benzene rings is 1. The van der Waals surface area contributed by atoms with Crippen molar-refractivity contribution in [3.8, 4) is 0 Å². The minimum atomic E-state index is -0.399. The third-order valence-electron chi connectivity index (χ3n) is 5.68. The molecule has 2 heterocycles. The normalized spacial score (nSPS) is 16.5. The van der Waals surface area contributed by atoms with Gasteiger partial charge in [0.2, 0.25) is 0 Å². The number of rotatable bonds is 8. The Morgan fingerprint density at radius 3 is 2.63 bits per heavy atom. The molecule has 0 amide bonds. The number of fused-ring (bicyclic) bond motifs is 1. The zero-order valence-corrected chi connectivity index (χ0v) is 17.7. The zero-order valence-electron chi connectivity index (χ0n) is 16.9. The number of ether oxygens (including phenoxy) is 1. The Kier molecular flexibility index (Phi) is 6.81. The predicted molar refractivity (Wildman–Crippen MR) is 115 cm³/mol. The molecule has 1 saturated heterocycles. The van der Waals surface area contributed by atoms with Crippen LogP contribution in [-0.4, -0.2) is 52.2 Å². The van der Waals surface area contributed by atoms with Crippen LogP contribution in [0.15, 0.2) is 34.1 Å². The molecule has 160 valence electrons. The molecule has 0 bridgehead atoms. The summed E-state index contributed by atoms with van der Waals surface area (Å²) in [7, 11) is 0. The fourth-order valence-electron chi connectivity index (χ4n) is 4.08. The fraction of sp³-hybridized carbons (Fsp3) is 0.524. The van der Waals surface area contributed by atoms with Crippen LogP contribution in [0.1, 0.15) is 29.7 Å². The first-order valence-corrected chi connectivity index (χ1v) is 11.4. The number of morpholine rings is 1. The van der Waals surface area contributed by atoms with Gasteiger partial charge in [0, 0.05) is 55.3 Å². The summed E-state index contributed by atoms with van der Waals surface area (Å²) < 4.78 is 7.26. The van der Waals surface area contributed by atoms with E-state index < -0.39 is 4.92 Å². The van der Waals surface area contributed by atoms with Crippen LogP contribution in [0.2, 0.25) is 0 Å². The summed E-state index contributed by atoms with van der Waals surface area (Å²) in [4.78, 5) is 29.9. The highest BCUT2D eigenvalue weighted by Gasteiger charge is 2.22. The molecule has 1 aromatic heterocycles. The van der Waals surface area contributed by atoms with Gasteiger partial charge in [-0.2, -0.15) is 4.98 Å². The van der Waals surface area contributed by atoms with Gasteiger partial charge in [0.05, 0.1) is 18.1 Å². The molecule has 0 unspecified atom stereocenters. The van der Waals surface area contributed by atoms with Gasteiger partial charge in [-0.25, -0.2) is 4.79 Å². The summed E-state index contributed by atoms with van der Waals surface area (Å²) in [6.45, 7) is 5.18. The van der Waals surface area contributed by atoms with Gasteiger partial charge in [-0.1, -0.05) is 12.1 Å². The van der Waals surface area contributed by atoms with E-state index in [1.165, 1.54) is 17.7 Å². The van der Waals surface area contributed by atoms with Gasteiger partial charge < -0.3 is 4.74 Å². The van der Waals surface area contributed by atoms with Gasteiger partial charge in [0.25, 0.3) is 5.69 Å². The monoisotopic (exact) mass is 430 g/mol. The first-order chi connectivity index (χ1) is 14.6. The molecule has 1 aromatic carbocycles. The summed E-state index contributed by atoms with van der Waals surface area (Å²) in [6, 6.07) is 6.55. The number of non-ortho nitro benzene ring substituents is 1. The summed E-state index contributed by atoms with van der Waals surface area (Å²) in [6.07, 6.45) is 3.86. The van der Waals surface area contributed by atoms with E-state index in [-0.39, 0.29) is 11.4 Å². The molecule has 1 aliphatic carbocycles. The van der Waals surface area contributed by atoms with Crippen molar-refractivity contribution in [3.63, 3.8) is 0 Å². The Morgan fingerprint density at radius 2 is 1.90 bits per heavy atom. The Balaban J connectivity index is 1.42.